The number of carbonyl (C=O) groups excluding carboxylic acids is 3. The van der Waals surface area contributed by atoms with E-state index in [0.29, 0.717) is 23.9 Å². The minimum Gasteiger partial charge on any atom is -0.545 e. The van der Waals surface area contributed by atoms with Crippen LogP contribution < -0.4 is 5.11 Å². The van der Waals surface area contributed by atoms with Crippen molar-refractivity contribution in [2.75, 3.05) is 47.5 Å². The predicted octanol–water partition coefficient (Wildman–Crippen LogP) is 14.2. The number of carboxylic acid groups (broad SMARTS) is 1. The maximum absolute atomic E-state index is 12.8. The first-order chi connectivity index (χ1) is 31.6. The van der Waals surface area contributed by atoms with Gasteiger partial charge in [-0.05, 0) is 38.5 Å². The van der Waals surface area contributed by atoms with Gasteiger partial charge < -0.3 is 33.3 Å². The number of carbonyl (C=O) groups is 3. The number of esters is 2. The van der Waals surface area contributed by atoms with Crippen LogP contribution in [0.3, 0.4) is 0 Å². The first-order valence-electron chi connectivity index (χ1n) is 27.5. The Labute approximate surface area is 401 Å². The maximum Gasteiger partial charge on any atom is 0.306 e. The topological polar surface area (TPSA) is 111 Å². The Kier molecular flexibility index (Phi) is 46.6. The summed E-state index contributed by atoms with van der Waals surface area (Å²) >= 11 is 0. The number of carboxylic acids is 1. The van der Waals surface area contributed by atoms with Crippen LogP contribution in [-0.4, -0.2) is 82.3 Å². The lowest BCUT2D eigenvalue weighted by molar-refractivity contribution is -0.870. The highest BCUT2D eigenvalue weighted by atomic mass is 16.7. The van der Waals surface area contributed by atoms with Gasteiger partial charge in [0, 0.05) is 12.8 Å². The zero-order valence-electron chi connectivity index (χ0n) is 43.4. The molecule has 9 heteroatoms. The van der Waals surface area contributed by atoms with E-state index in [1.165, 1.54) is 161 Å². The summed E-state index contributed by atoms with van der Waals surface area (Å²) in [5.41, 5.74) is 0. The molecule has 0 amide bonds. The summed E-state index contributed by atoms with van der Waals surface area (Å²) in [6.07, 6.45) is 52.4. The Morgan fingerprint density at radius 1 is 0.462 bits per heavy atom. The molecule has 0 heterocycles. The van der Waals surface area contributed by atoms with Gasteiger partial charge in [-0.3, -0.25) is 9.59 Å². The van der Waals surface area contributed by atoms with Crippen LogP contribution in [0.1, 0.15) is 258 Å². The van der Waals surface area contributed by atoms with E-state index in [0.717, 1.165) is 64.2 Å². The number of hydrogen-bond acceptors (Lipinski definition) is 8. The third-order valence-corrected chi connectivity index (χ3v) is 12.2. The molecule has 0 bridgehead atoms. The van der Waals surface area contributed by atoms with Gasteiger partial charge in [0.2, 0.25) is 0 Å². The van der Waals surface area contributed by atoms with Crippen molar-refractivity contribution in [3.8, 4) is 0 Å². The van der Waals surface area contributed by atoms with Gasteiger partial charge in [-0.15, -0.1) is 0 Å². The van der Waals surface area contributed by atoms with Gasteiger partial charge in [-0.25, -0.2) is 0 Å². The Bertz CT molecular complexity index is 1120. The van der Waals surface area contributed by atoms with Gasteiger partial charge in [0.05, 0.1) is 40.3 Å². The molecule has 0 aliphatic heterocycles. The van der Waals surface area contributed by atoms with Crippen molar-refractivity contribution >= 4 is 17.9 Å². The molecule has 0 fully saturated rings. The minimum absolute atomic E-state index is 0.147. The standard InChI is InChI=1S/C56H105NO8/c1-6-8-10-12-14-16-18-20-21-22-23-24-25-26-27-28-29-30-31-32-33-35-36-38-40-42-44-46-53(58)63-50-52(51-64-56(55(60)61)62-49-48-57(3,4)5)65-54(59)47-45-43-41-39-37-34-19-17-15-13-11-9-7-2/h11,13,17,19,52,56H,6-10,12,14-16,18,20-51H2,1-5H3/b13-11-,19-17-. The quantitative estimate of drug-likeness (QED) is 0.0195. The van der Waals surface area contributed by atoms with Gasteiger partial charge in [0.25, 0.3) is 0 Å². The van der Waals surface area contributed by atoms with Crippen molar-refractivity contribution in [1.82, 2.24) is 0 Å². The molecule has 0 aliphatic carbocycles. The molecule has 0 saturated carbocycles. The van der Waals surface area contributed by atoms with Crippen LogP contribution >= 0.6 is 0 Å². The van der Waals surface area contributed by atoms with E-state index in [1.54, 1.807) is 0 Å². The molecule has 2 unspecified atom stereocenters. The van der Waals surface area contributed by atoms with Gasteiger partial charge in [-0.1, -0.05) is 231 Å². The van der Waals surface area contributed by atoms with Crippen LogP contribution in [0.25, 0.3) is 0 Å². The first kappa shape index (κ1) is 62.8. The molecule has 0 saturated heterocycles. The lowest BCUT2D eigenvalue weighted by atomic mass is 10.0. The van der Waals surface area contributed by atoms with Crippen molar-refractivity contribution in [3.63, 3.8) is 0 Å². The molecule has 0 aromatic heterocycles. The molecule has 0 rings (SSSR count). The third kappa shape index (κ3) is 49.5. The summed E-state index contributed by atoms with van der Waals surface area (Å²) in [5.74, 6) is -2.29. The number of aliphatic carboxylic acids is 1. The summed E-state index contributed by atoms with van der Waals surface area (Å²) < 4.78 is 22.6. The van der Waals surface area contributed by atoms with E-state index < -0.39 is 24.3 Å². The third-order valence-electron chi connectivity index (χ3n) is 12.2. The fraction of sp³-hybridized carbons (Fsp3) is 0.875. The molecule has 0 N–H and O–H groups in total. The summed E-state index contributed by atoms with van der Waals surface area (Å²) in [4.78, 5) is 37.1. The highest BCUT2D eigenvalue weighted by Gasteiger charge is 2.22. The number of unbranched alkanes of at least 4 members (excludes halogenated alkanes) is 32. The summed E-state index contributed by atoms with van der Waals surface area (Å²) in [6.45, 7) is 4.70. The smallest absolute Gasteiger partial charge is 0.306 e. The molecule has 0 radical (unpaired) electrons. The zero-order valence-corrected chi connectivity index (χ0v) is 43.4. The largest absolute Gasteiger partial charge is 0.545 e. The second-order valence-corrected chi connectivity index (χ2v) is 19.9. The summed E-state index contributed by atoms with van der Waals surface area (Å²) in [5, 5.41) is 11.7. The molecule has 0 spiro atoms. The normalized spacial score (nSPS) is 12.9. The Morgan fingerprint density at radius 3 is 1.28 bits per heavy atom. The van der Waals surface area contributed by atoms with Crippen LogP contribution in [0, 0.1) is 0 Å². The van der Waals surface area contributed by atoms with Crippen molar-refractivity contribution in [3.05, 3.63) is 24.3 Å². The fourth-order valence-electron chi connectivity index (χ4n) is 7.93. The molecule has 0 aliphatic rings. The summed E-state index contributed by atoms with van der Waals surface area (Å²) in [7, 11) is 5.91. The van der Waals surface area contributed by atoms with Crippen molar-refractivity contribution in [2.45, 2.75) is 270 Å². The molecule has 2 atom stereocenters. The SMILES string of the molecule is CCC/C=C\C/C=C\CCCCCCCC(=O)OC(COC(=O)CCCCCCCCCCCCCCCCCCCCCCCCCCCCC)COC(OCC[N+](C)(C)C)C(=O)[O-]. The number of quaternary nitrogens is 1. The molecule has 382 valence electrons. The maximum atomic E-state index is 12.8. The predicted molar refractivity (Wildman–Crippen MR) is 270 cm³/mol. The van der Waals surface area contributed by atoms with E-state index in [-0.39, 0.29) is 32.2 Å². The van der Waals surface area contributed by atoms with E-state index in [9.17, 15) is 19.5 Å². The average molecular weight is 920 g/mol. The Balaban J connectivity index is 4.12. The lowest BCUT2D eigenvalue weighted by Gasteiger charge is -2.26. The highest BCUT2D eigenvalue weighted by molar-refractivity contribution is 5.70. The monoisotopic (exact) mass is 920 g/mol. The number of nitrogens with zero attached hydrogens (tertiary/aromatic N) is 1. The van der Waals surface area contributed by atoms with E-state index >= 15 is 0 Å². The van der Waals surface area contributed by atoms with Gasteiger partial charge in [0.1, 0.15) is 13.2 Å². The zero-order chi connectivity index (χ0) is 47.7. The molecular formula is C56H105NO8. The molecule has 9 nitrogen and oxygen atoms in total. The lowest BCUT2D eigenvalue weighted by Crippen LogP contribution is -2.44. The van der Waals surface area contributed by atoms with Crippen LogP contribution in [0.5, 0.6) is 0 Å². The van der Waals surface area contributed by atoms with Crippen LogP contribution in [-0.2, 0) is 33.3 Å². The van der Waals surface area contributed by atoms with Gasteiger partial charge in [0.15, 0.2) is 12.4 Å². The molecule has 65 heavy (non-hydrogen) atoms. The van der Waals surface area contributed by atoms with Crippen molar-refractivity contribution in [2.24, 2.45) is 0 Å². The van der Waals surface area contributed by atoms with Gasteiger partial charge >= 0.3 is 11.9 Å². The number of likely N-dealkylation sites (N-methyl/N-ethyl adjacent to an activating group) is 1. The van der Waals surface area contributed by atoms with E-state index in [2.05, 4.69) is 38.2 Å². The second kappa shape index (κ2) is 48.2. The van der Waals surface area contributed by atoms with Crippen molar-refractivity contribution < 1.29 is 42.9 Å². The number of hydrogen-bond donors (Lipinski definition) is 0. The fourth-order valence-corrected chi connectivity index (χ4v) is 7.93. The van der Waals surface area contributed by atoms with Crippen molar-refractivity contribution in [1.29, 1.82) is 0 Å². The average Bonchev–Trinajstić information content (AvgIpc) is 3.27. The molecule has 0 aromatic rings. The van der Waals surface area contributed by atoms with E-state index in [4.69, 9.17) is 18.9 Å². The van der Waals surface area contributed by atoms with Crippen LogP contribution in [0.4, 0.5) is 0 Å². The van der Waals surface area contributed by atoms with Crippen LogP contribution in [0.15, 0.2) is 24.3 Å². The minimum atomic E-state index is -1.62. The van der Waals surface area contributed by atoms with Crippen LogP contribution in [0.2, 0.25) is 0 Å². The number of allylic oxidation sites excluding steroid dienone is 4. The second-order valence-electron chi connectivity index (χ2n) is 19.9. The first-order valence-corrected chi connectivity index (χ1v) is 27.5. The Morgan fingerprint density at radius 2 is 0.862 bits per heavy atom. The number of ether oxygens (including phenoxy) is 4. The summed E-state index contributed by atoms with van der Waals surface area (Å²) in [6, 6.07) is 0. The van der Waals surface area contributed by atoms with E-state index in [1.807, 2.05) is 21.1 Å². The molecule has 0 aromatic carbocycles. The highest BCUT2D eigenvalue weighted by Crippen LogP contribution is 2.17. The Hall–Kier alpha value is -2.23. The van der Waals surface area contributed by atoms with Gasteiger partial charge in [-0.2, -0.15) is 0 Å². The molecular weight excluding hydrogens is 815 g/mol. The number of rotatable bonds is 51.